The van der Waals surface area contributed by atoms with E-state index in [9.17, 15) is 14.4 Å². The van der Waals surface area contributed by atoms with Crippen molar-refractivity contribution < 1.29 is 14.4 Å². The Balaban J connectivity index is 1.91. The fourth-order valence-electron chi connectivity index (χ4n) is 2.05. The van der Waals surface area contributed by atoms with Crippen LogP contribution in [0, 0.1) is 0 Å². The van der Waals surface area contributed by atoms with Crippen molar-refractivity contribution in [3.63, 3.8) is 0 Å². The van der Waals surface area contributed by atoms with E-state index in [0.29, 0.717) is 11.0 Å². The molecule has 114 valence electrons. The number of hydrogen-bond donors (Lipinski definition) is 3. The Kier molecular flexibility index (Phi) is 4.84. The van der Waals surface area contributed by atoms with Gasteiger partial charge in [-0.15, -0.1) is 10.2 Å². The van der Waals surface area contributed by atoms with Crippen LogP contribution < -0.4 is 16.0 Å². The van der Waals surface area contributed by atoms with Gasteiger partial charge >= 0.3 is 6.03 Å². The Bertz CT molecular complexity index is 555. The fraction of sp³-hybridized carbons (Fsp3) is 0.583. The Labute approximate surface area is 125 Å². The zero-order chi connectivity index (χ0) is 15.4. The van der Waals surface area contributed by atoms with Crippen molar-refractivity contribution in [1.29, 1.82) is 0 Å². The lowest BCUT2D eigenvalue weighted by Crippen LogP contribution is -2.33. The Hall–Kier alpha value is -2.03. The fourth-order valence-corrected chi connectivity index (χ4v) is 3.07. The van der Waals surface area contributed by atoms with Crippen molar-refractivity contribution in [2.24, 2.45) is 0 Å². The average Bonchev–Trinajstić information content (AvgIpc) is 2.99. The third-order valence-corrected chi connectivity index (χ3v) is 4.27. The first-order chi connectivity index (χ1) is 10.0. The van der Waals surface area contributed by atoms with Gasteiger partial charge in [-0.25, -0.2) is 4.79 Å². The van der Waals surface area contributed by atoms with Crippen LogP contribution in [0.25, 0.3) is 0 Å². The third kappa shape index (κ3) is 3.75. The maximum absolute atomic E-state index is 11.8. The topological polar surface area (TPSA) is 113 Å². The smallest absolute Gasteiger partial charge is 0.322 e. The van der Waals surface area contributed by atoms with Gasteiger partial charge in [-0.05, 0) is 12.8 Å². The minimum atomic E-state index is -0.830. The van der Waals surface area contributed by atoms with Crippen LogP contribution in [-0.4, -0.2) is 34.1 Å². The maximum atomic E-state index is 11.8. The Morgan fingerprint density at radius 1 is 1.33 bits per heavy atom. The van der Waals surface area contributed by atoms with E-state index in [0.717, 1.165) is 17.8 Å². The van der Waals surface area contributed by atoms with Crippen molar-refractivity contribution in [2.45, 2.75) is 45.1 Å². The molecule has 0 unspecified atom stereocenters. The number of urea groups is 1. The monoisotopic (exact) mass is 311 g/mol. The SMILES string of the molecule is CCC(CC)c1nnc(NC(=O)C[C@@H]2NC(=O)NC2=O)s1. The Morgan fingerprint density at radius 3 is 2.62 bits per heavy atom. The lowest BCUT2D eigenvalue weighted by atomic mass is 10.1. The Morgan fingerprint density at radius 2 is 2.05 bits per heavy atom. The van der Waals surface area contributed by atoms with Gasteiger partial charge in [0, 0.05) is 5.92 Å². The second-order valence-electron chi connectivity index (χ2n) is 4.73. The number of nitrogens with one attached hydrogen (secondary N) is 3. The van der Waals surface area contributed by atoms with Crippen molar-refractivity contribution in [2.75, 3.05) is 5.32 Å². The van der Waals surface area contributed by atoms with E-state index in [1.54, 1.807) is 0 Å². The second-order valence-corrected chi connectivity index (χ2v) is 5.74. The molecule has 2 heterocycles. The van der Waals surface area contributed by atoms with E-state index in [-0.39, 0.29) is 12.3 Å². The quantitative estimate of drug-likeness (QED) is 0.678. The molecule has 1 fully saturated rings. The van der Waals surface area contributed by atoms with Crippen LogP contribution in [0.4, 0.5) is 9.93 Å². The molecule has 0 saturated carbocycles. The lowest BCUT2D eigenvalue weighted by molar-refractivity contribution is -0.124. The van der Waals surface area contributed by atoms with E-state index in [4.69, 9.17) is 0 Å². The first kappa shape index (κ1) is 15.4. The highest BCUT2D eigenvalue weighted by Crippen LogP contribution is 2.28. The molecule has 0 radical (unpaired) electrons. The molecule has 2 rings (SSSR count). The van der Waals surface area contributed by atoms with Crippen molar-refractivity contribution in [3.8, 4) is 0 Å². The number of carbonyl (C=O) groups is 3. The molecular formula is C12H17N5O3S. The average molecular weight is 311 g/mol. The molecule has 1 atom stereocenters. The summed E-state index contributed by atoms with van der Waals surface area (Å²) in [5, 5.41) is 16.4. The van der Waals surface area contributed by atoms with Crippen LogP contribution in [0.3, 0.4) is 0 Å². The predicted molar refractivity (Wildman–Crippen MR) is 76.9 cm³/mol. The minimum absolute atomic E-state index is 0.128. The van der Waals surface area contributed by atoms with Crippen LogP contribution in [0.5, 0.6) is 0 Å². The zero-order valence-corrected chi connectivity index (χ0v) is 12.6. The van der Waals surface area contributed by atoms with Crippen molar-refractivity contribution in [1.82, 2.24) is 20.8 Å². The summed E-state index contributed by atoms with van der Waals surface area (Å²) >= 11 is 1.34. The van der Waals surface area contributed by atoms with Crippen molar-refractivity contribution in [3.05, 3.63) is 5.01 Å². The summed E-state index contributed by atoms with van der Waals surface area (Å²) in [6, 6.07) is -1.41. The van der Waals surface area contributed by atoms with E-state index >= 15 is 0 Å². The highest BCUT2D eigenvalue weighted by molar-refractivity contribution is 7.15. The first-order valence-corrected chi connectivity index (χ1v) is 7.59. The molecule has 8 nitrogen and oxygen atoms in total. The highest BCUT2D eigenvalue weighted by atomic mass is 32.1. The number of amides is 4. The van der Waals surface area contributed by atoms with Crippen LogP contribution in [0.1, 0.15) is 44.0 Å². The van der Waals surface area contributed by atoms with Gasteiger partial charge in [0.2, 0.25) is 11.0 Å². The first-order valence-electron chi connectivity index (χ1n) is 6.78. The molecule has 0 aliphatic carbocycles. The molecule has 1 aromatic heterocycles. The molecule has 21 heavy (non-hydrogen) atoms. The van der Waals surface area contributed by atoms with Gasteiger partial charge in [-0.3, -0.25) is 14.9 Å². The number of nitrogens with zero attached hydrogens (tertiary/aromatic N) is 2. The van der Waals surface area contributed by atoms with Gasteiger partial charge in [-0.1, -0.05) is 25.2 Å². The zero-order valence-electron chi connectivity index (χ0n) is 11.8. The van der Waals surface area contributed by atoms with E-state index in [1.165, 1.54) is 11.3 Å². The van der Waals surface area contributed by atoms with E-state index in [2.05, 4.69) is 40.0 Å². The van der Waals surface area contributed by atoms with Gasteiger partial charge in [0.05, 0.1) is 6.42 Å². The summed E-state index contributed by atoms with van der Waals surface area (Å²) in [4.78, 5) is 34.1. The number of rotatable bonds is 6. The number of hydrogen-bond acceptors (Lipinski definition) is 6. The molecular weight excluding hydrogens is 294 g/mol. The van der Waals surface area contributed by atoms with Crippen LogP contribution in [0.2, 0.25) is 0 Å². The molecule has 0 bridgehead atoms. The number of imide groups is 1. The summed E-state index contributed by atoms with van der Waals surface area (Å²) in [7, 11) is 0. The molecule has 9 heteroatoms. The van der Waals surface area contributed by atoms with Gasteiger partial charge in [0.15, 0.2) is 0 Å². The summed E-state index contributed by atoms with van der Waals surface area (Å²) in [6.07, 6.45) is 1.80. The predicted octanol–water partition coefficient (Wildman–Crippen LogP) is 0.978. The van der Waals surface area contributed by atoms with Crippen molar-refractivity contribution >= 4 is 34.3 Å². The summed E-state index contributed by atoms with van der Waals surface area (Å²) in [6.45, 7) is 4.16. The molecule has 3 N–H and O–H groups in total. The van der Waals surface area contributed by atoms with Crippen LogP contribution >= 0.6 is 11.3 Å². The normalized spacial score (nSPS) is 17.8. The van der Waals surface area contributed by atoms with Crippen LogP contribution in [-0.2, 0) is 9.59 Å². The van der Waals surface area contributed by atoms with Gasteiger partial charge in [-0.2, -0.15) is 0 Å². The van der Waals surface area contributed by atoms with Gasteiger partial charge in [0.25, 0.3) is 5.91 Å². The molecule has 0 aromatic carbocycles. The summed E-state index contributed by atoms with van der Waals surface area (Å²) < 4.78 is 0. The largest absolute Gasteiger partial charge is 0.325 e. The van der Waals surface area contributed by atoms with Crippen LogP contribution in [0.15, 0.2) is 0 Å². The highest BCUT2D eigenvalue weighted by Gasteiger charge is 2.31. The van der Waals surface area contributed by atoms with Gasteiger partial charge < -0.3 is 10.6 Å². The number of anilines is 1. The lowest BCUT2D eigenvalue weighted by Gasteiger charge is -2.06. The molecule has 1 saturated heterocycles. The third-order valence-electron chi connectivity index (χ3n) is 3.27. The maximum Gasteiger partial charge on any atom is 0.322 e. The molecule has 4 amide bonds. The molecule has 1 aromatic rings. The molecule has 0 spiro atoms. The van der Waals surface area contributed by atoms with E-state index < -0.39 is 18.0 Å². The second kappa shape index (κ2) is 6.61. The van der Waals surface area contributed by atoms with Gasteiger partial charge in [0.1, 0.15) is 11.0 Å². The number of aromatic nitrogens is 2. The summed E-state index contributed by atoms with van der Waals surface area (Å²) in [5.74, 6) is -0.539. The van der Waals surface area contributed by atoms with E-state index in [1.807, 2.05) is 0 Å². The molecule has 1 aliphatic heterocycles. The number of carbonyl (C=O) groups excluding carboxylic acids is 3. The summed E-state index contributed by atoms with van der Waals surface area (Å²) in [5.41, 5.74) is 0. The minimum Gasteiger partial charge on any atom is -0.325 e. The standard InChI is InChI=1S/C12H17N5O3S/c1-3-6(4-2)10-16-17-12(21-10)14-8(18)5-7-9(19)15-11(20)13-7/h6-7H,3-5H2,1-2H3,(H,14,17,18)(H2,13,15,19,20)/t7-/m0/s1. The molecule has 1 aliphatic rings.